The van der Waals surface area contributed by atoms with Crippen molar-refractivity contribution in [2.24, 2.45) is 5.73 Å². The van der Waals surface area contributed by atoms with E-state index in [1.54, 1.807) is 12.1 Å². The summed E-state index contributed by atoms with van der Waals surface area (Å²) in [6, 6.07) is 5.28. The van der Waals surface area contributed by atoms with E-state index in [2.05, 4.69) is 0 Å². The molecule has 0 saturated carbocycles. The fraction of sp³-hybridized carbons (Fsp3) is 0.333. The van der Waals surface area contributed by atoms with Crippen molar-refractivity contribution in [1.82, 2.24) is 4.90 Å². The zero-order valence-electron chi connectivity index (χ0n) is 9.35. The van der Waals surface area contributed by atoms with Gasteiger partial charge in [0.05, 0.1) is 12.1 Å². The molecule has 17 heavy (non-hydrogen) atoms. The number of benzene rings is 1. The number of rotatable bonds is 3. The summed E-state index contributed by atoms with van der Waals surface area (Å²) in [4.78, 5) is 23.8. The molecular formula is C12H14N2O3. The third kappa shape index (κ3) is 2.45. The monoisotopic (exact) mass is 234 g/mol. The maximum atomic E-state index is 11.1. The van der Waals surface area contributed by atoms with Crippen molar-refractivity contribution in [1.29, 1.82) is 0 Å². The number of carbonyl (C=O) groups is 2. The van der Waals surface area contributed by atoms with Gasteiger partial charge in [0.25, 0.3) is 0 Å². The molecule has 90 valence electrons. The lowest BCUT2D eigenvalue weighted by molar-refractivity contribution is -0.119. The minimum Gasteiger partial charge on any atom is -0.478 e. The van der Waals surface area contributed by atoms with Gasteiger partial charge in [0.15, 0.2) is 0 Å². The van der Waals surface area contributed by atoms with Gasteiger partial charge in [-0.05, 0) is 23.6 Å². The highest BCUT2D eigenvalue weighted by molar-refractivity contribution is 5.90. The van der Waals surface area contributed by atoms with Crippen LogP contribution in [0, 0.1) is 0 Å². The van der Waals surface area contributed by atoms with Gasteiger partial charge in [-0.1, -0.05) is 12.1 Å². The summed E-state index contributed by atoms with van der Waals surface area (Å²) in [5, 5.41) is 9.10. The Bertz CT molecular complexity index is 471. The summed E-state index contributed by atoms with van der Waals surface area (Å²) in [7, 11) is 0. The smallest absolute Gasteiger partial charge is 0.336 e. The van der Waals surface area contributed by atoms with Crippen molar-refractivity contribution in [2.75, 3.05) is 13.1 Å². The quantitative estimate of drug-likeness (QED) is 0.784. The summed E-state index contributed by atoms with van der Waals surface area (Å²) >= 11 is 0. The van der Waals surface area contributed by atoms with Gasteiger partial charge in [-0.2, -0.15) is 0 Å². The molecule has 3 N–H and O–H groups in total. The highest BCUT2D eigenvalue weighted by Crippen LogP contribution is 2.22. The van der Waals surface area contributed by atoms with Crippen LogP contribution in [0.2, 0.25) is 0 Å². The van der Waals surface area contributed by atoms with Crippen LogP contribution >= 0.6 is 0 Å². The molecule has 0 aromatic heterocycles. The first-order valence-electron chi connectivity index (χ1n) is 5.42. The van der Waals surface area contributed by atoms with Crippen LogP contribution in [0.1, 0.15) is 21.5 Å². The van der Waals surface area contributed by atoms with Crippen molar-refractivity contribution in [2.45, 2.75) is 13.0 Å². The molecule has 0 atom stereocenters. The SMILES string of the molecule is NC(=O)CN1CCc2cccc(C(=O)O)c2C1. The number of carboxylic acid groups (broad SMARTS) is 1. The predicted molar refractivity (Wildman–Crippen MR) is 61.6 cm³/mol. The molecule has 2 rings (SSSR count). The number of nitrogens with zero attached hydrogens (tertiary/aromatic N) is 1. The van der Waals surface area contributed by atoms with E-state index < -0.39 is 5.97 Å². The van der Waals surface area contributed by atoms with Crippen molar-refractivity contribution >= 4 is 11.9 Å². The summed E-state index contributed by atoms with van der Waals surface area (Å²) in [6.45, 7) is 1.38. The average Bonchev–Trinajstić information content (AvgIpc) is 2.27. The molecule has 0 aliphatic carbocycles. The van der Waals surface area contributed by atoms with Crippen LogP contribution in [0.15, 0.2) is 18.2 Å². The Morgan fingerprint density at radius 2 is 2.18 bits per heavy atom. The Morgan fingerprint density at radius 3 is 2.82 bits per heavy atom. The Labute approximate surface area is 98.8 Å². The maximum Gasteiger partial charge on any atom is 0.336 e. The van der Waals surface area contributed by atoms with E-state index >= 15 is 0 Å². The minimum absolute atomic E-state index is 0.174. The Kier molecular flexibility index (Phi) is 3.10. The molecule has 1 aromatic rings. The summed E-state index contributed by atoms with van der Waals surface area (Å²) < 4.78 is 0. The average molecular weight is 234 g/mol. The molecule has 1 heterocycles. The topological polar surface area (TPSA) is 83.6 Å². The number of carbonyl (C=O) groups excluding carboxylic acids is 1. The van der Waals surface area contributed by atoms with Crippen LogP contribution in [0.25, 0.3) is 0 Å². The normalized spacial score (nSPS) is 15.3. The van der Waals surface area contributed by atoms with Crippen molar-refractivity contribution in [3.8, 4) is 0 Å². The number of hydrogen-bond donors (Lipinski definition) is 2. The van der Waals surface area contributed by atoms with Crippen LogP contribution in [0.4, 0.5) is 0 Å². The van der Waals surface area contributed by atoms with E-state index in [4.69, 9.17) is 10.8 Å². The van der Waals surface area contributed by atoms with Gasteiger partial charge in [0, 0.05) is 13.1 Å². The van der Waals surface area contributed by atoms with Crippen LogP contribution in [-0.2, 0) is 17.8 Å². The van der Waals surface area contributed by atoms with E-state index in [-0.39, 0.29) is 12.5 Å². The van der Waals surface area contributed by atoms with Crippen molar-refractivity contribution < 1.29 is 14.7 Å². The van der Waals surface area contributed by atoms with E-state index in [1.165, 1.54) is 0 Å². The summed E-state index contributed by atoms with van der Waals surface area (Å²) in [6.07, 6.45) is 0.754. The zero-order valence-corrected chi connectivity index (χ0v) is 9.35. The minimum atomic E-state index is -0.928. The predicted octanol–water partition coefficient (Wildman–Crippen LogP) is 0.228. The fourth-order valence-electron chi connectivity index (χ4n) is 2.19. The molecule has 5 heteroatoms. The van der Waals surface area contributed by atoms with Crippen LogP contribution in [-0.4, -0.2) is 35.0 Å². The van der Waals surface area contributed by atoms with Crippen molar-refractivity contribution in [3.63, 3.8) is 0 Å². The van der Waals surface area contributed by atoms with Gasteiger partial charge >= 0.3 is 5.97 Å². The lowest BCUT2D eigenvalue weighted by Crippen LogP contribution is -2.38. The van der Waals surface area contributed by atoms with Gasteiger partial charge < -0.3 is 10.8 Å². The number of aromatic carboxylic acids is 1. The molecular weight excluding hydrogens is 220 g/mol. The third-order valence-electron chi connectivity index (χ3n) is 2.96. The Balaban J connectivity index is 2.28. The second-order valence-electron chi connectivity index (χ2n) is 4.18. The molecule has 1 aliphatic heterocycles. The van der Waals surface area contributed by atoms with Crippen LogP contribution in [0.3, 0.4) is 0 Å². The molecule has 0 saturated heterocycles. The third-order valence-corrected chi connectivity index (χ3v) is 2.96. The number of hydrogen-bond acceptors (Lipinski definition) is 3. The Hall–Kier alpha value is -1.88. The number of carboxylic acids is 1. The molecule has 0 radical (unpaired) electrons. The number of fused-ring (bicyclic) bond motifs is 1. The van der Waals surface area contributed by atoms with Gasteiger partial charge in [-0.25, -0.2) is 4.79 Å². The van der Waals surface area contributed by atoms with Crippen LogP contribution < -0.4 is 5.73 Å². The number of nitrogens with two attached hydrogens (primary N) is 1. The van der Waals surface area contributed by atoms with Gasteiger partial charge in [-0.15, -0.1) is 0 Å². The molecule has 5 nitrogen and oxygen atoms in total. The number of amides is 1. The number of primary amides is 1. The molecule has 0 fully saturated rings. The summed E-state index contributed by atoms with van der Waals surface area (Å²) in [5.41, 5.74) is 7.31. The first kappa shape index (κ1) is 11.6. The van der Waals surface area contributed by atoms with E-state index in [0.717, 1.165) is 24.1 Å². The lowest BCUT2D eigenvalue weighted by atomic mass is 9.95. The highest BCUT2D eigenvalue weighted by atomic mass is 16.4. The molecule has 1 amide bonds. The van der Waals surface area contributed by atoms with Gasteiger partial charge in [-0.3, -0.25) is 9.69 Å². The van der Waals surface area contributed by atoms with Crippen molar-refractivity contribution in [3.05, 3.63) is 34.9 Å². The first-order chi connectivity index (χ1) is 8.08. The molecule has 0 spiro atoms. The van der Waals surface area contributed by atoms with Gasteiger partial charge in [0.2, 0.25) is 5.91 Å². The molecule has 1 aromatic carbocycles. The standard InChI is InChI=1S/C12H14N2O3/c13-11(15)7-14-5-4-8-2-1-3-9(12(16)17)10(8)6-14/h1-3H,4-7H2,(H2,13,15)(H,16,17). The molecule has 0 unspecified atom stereocenters. The highest BCUT2D eigenvalue weighted by Gasteiger charge is 2.22. The maximum absolute atomic E-state index is 11.1. The second kappa shape index (κ2) is 4.55. The van der Waals surface area contributed by atoms with E-state index in [9.17, 15) is 9.59 Å². The largest absolute Gasteiger partial charge is 0.478 e. The molecule has 1 aliphatic rings. The zero-order chi connectivity index (χ0) is 12.4. The van der Waals surface area contributed by atoms with E-state index in [0.29, 0.717) is 12.1 Å². The lowest BCUT2D eigenvalue weighted by Gasteiger charge is -2.28. The van der Waals surface area contributed by atoms with Gasteiger partial charge in [0.1, 0.15) is 0 Å². The molecule has 0 bridgehead atoms. The summed E-state index contributed by atoms with van der Waals surface area (Å²) in [5.74, 6) is -1.32. The Morgan fingerprint density at radius 1 is 1.41 bits per heavy atom. The van der Waals surface area contributed by atoms with Crippen LogP contribution in [0.5, 0.6) is 0 Å². The fourth-order valence-corrected chi connectivity index (χ4v) is 2.19. The second-order valence-corrected chi connectivity index (χ2v) is 4.18. The first-order valence-corrected chi connectivity index (χ1v) is 5.42. The van der Waals surface area contributed by atoms with E-state index in [1.807, 2.05) is 11.0 Å².